The molecule has 1 saturated heterocycles. The van der Waals surface area contributed by atoms with Crippen molar-refractivity contribution in [1.82, 2.24) is 10.2 Å². The summed E-state index contributed by atoms with van der Waals surface area (Å²) in [5.41, 5.74) is 23.8. The summed E-state index contributed by atoms with van der Waals surface area (Å²) in [7, 11) is 2.07. The van der Waals surface area contributed by atoms with Crippen LogP contribution in [0.4, 0.5) is 5.69 Å². The predicted octanol–water partition coefficient (Wildman–Crippen LogP) is 2.58. The fourth-order valence-electron chi connectivity index (χ4n) is 6.25. The van der Waals surface area contributed by atoms with Gasteiger partial charge in [0.15, 0.2) is 5.78 Å². The molecule has 2 heterocycles. The van der Waals surface area contributed by atoms with Gasteiger partial charge in [0.2, 0.25) is 5.91 Å². The lowest BCUT2D eigenvalue weighted by Crippen LogP contribution is -2.61. The van der Waals surface area contributed by atoms with Crippen LogP contribution in [0.5, 0.6) is 0 Å². The van der Waals surface area contributed by atoms with E-state index in [4.69, 9.17) is 17.2 Å². The first kappa shape index (κ1) is 25.3. The van der Waals surface area contributed by atoms with Crippen molar-refractivity contribution >= 4 is 29.1 Å². The Bertz CT molecular complexity index is 1230. The lowest BCUT2D eigenvalue weighted by molar-refractivity contribution is -0.126. The average Bonchev–Trinajstić information content (AvgIpc) is 3.24. The number of nitrogens with zero attached hydrogens (tertiary/aromatic N) is 1. The number of aryl methyl sites for hydroxylation is 1. The highest BCUT2D eigenvalue weighted by Crippen LogP contribution is 2.56. The summed E-state index contributed by atoms with van der Waals surface area (Å²) in [6, 6.07) is 8.94. The highest BCUT2D eigenvalue weighted by atomic mass is 32.2. The zero-order valence-corrected chi connectivity index (χ0v) is 22.3. The Morgan fingerprint density at radius 1 is 1.22 bits per heavy atom. The van der Waals surface area contributed by atoms with Gasteiger partial charge in [-0.1, -0.05) is 38.1 Å². The van der Waals surface area contributed by atoms with E-state index in [9.17, 15) is 9.59 Å². The zero-order valence-electron chi connectivity index (χ0n) is 21.5. The zero-order chi connectivity index (χ0) is 25.9. The smallest absolute Gasteiger partial charge is 0.234 e. The van der Waals surface area contributed by atoms with Crippen molar-refractivity contribution in [2.75, 3.05) is 25.9 Å². The van der Waals surface area contributed by atoms with Gasteiger partial charge >= 0.3 is 0 Å². The molecule has 192 valence electrons. The minimum absolute atomic E-state index is 0.0860. The van der Waals surface area contributed by atoms with E-state index < -0.39 is 22.7 Å². The molecule has 1 aliphatic carbocycles. The standard InChI is InChI=1S/C28H37N5O2S/c1-14(2)16-7-8-18(15(3)12-16)28(31)19-9-10-20(29)24-21(19)22(23(30)26(28)34)25(36-24)27(35)32-17-6-5-11-33(4)13-17/h7-10,12,14,17,22-23,25H,5-6,11,13,29-31H2,1-4H3,(H,32,35). The molecule has 8 heteroatoms. The summed E-state index contributed by atoms with van der Waals surface area (Å²) in [6.07, 6.45) is 1.99. The van der Waals surface area contributed by atoms with Crippen LogP contribution in [0, 0.1) is 6.92 Å². The number of nitrogens with one attached hydrogen (secondary N) is 1. The van der Waals surface area contributed by atoms with Crippen LogP contribution in [0.1, 0.15) is 66.3 Å². The van der Waals surface area contributed by atoms with Crippen molar-refractivity contribution in [1.29, 1.82) is 0 Å². The molecule has 2 aliphatic heterocycles. The molecule has 36 heavy (non-hydrogen) atoms. The summed E-state index contributed by atoms with van der Waals surface area (Å²) in [5, 5.41) is 2.70. The minimum atomic E-state index is -1.40. The molecule has 7 nitrogen and oxygen atoms in total. The van der Waals surface area contributed by atoms with Crippen LogP contribution >= 0.6 is 11.8 Å². The van der Waals surface area contributed by atoms with Crippen LogP contribution in [-0.2, 0) is 15.1 Å². The van der Waals surface area contributed by atoms with Crippen molar-refractivity contribution in [2.24, 2.45) is 11.5 Å². The Kier molecular flexibility index (Phi) is 6.44. The Labute approximate surface area is 217 Å². The molecule has 1 fully saturated rings. The third kappa shape index (κ3) is 3.86. The number of hydrogen-bond donors (Lipinski definition) is 4. The number of ketones is 1. The number of anilines is 1. The van der Waals surface area contributed by atoms with E-state index in [1.54, 1.807) is 6.07 Å². The number of likely N-dealkylation sites (tertiary alicyclic amines) is 1. The van der Waals surface area contributed by atoms with Gasteiger partial charge < -0.3 is 27.4 Å². The van der Waals surface area contributed by atoms with Crippen LogP contribution in [-0.4, -0.2) is 54.1 Å². The summed E-state index contributed by atoms with van der Waals surface area (Å²) in [5.74, 6) is -0.448. The van der Waals surface area contributed by atoms with Gasteiger partial charge in [-0.15, -0.1) is 11.8 Å². The second-order valence-corrected chi connectivity index (χ2v) is 12.2. The number of carbonyl (C=O) groups excluding carboxylic acids is 2. The normalized spacial score (nSPS) is 29.9. The molecule has 0 aromatic heterocycles. The summed E-state index contributed by atoms with van der Waals surface area (Å²) < 4.78 is 0. The maximum Gasteiger partial charge on any atom is 0.234 e. The predicted molar refractivity (Wildman–Crippen MR) is 145 cm³/mol. The Hall–Kier alpha value is -2.39. The van der Waals surface area contributed by atoms with Crippen LogP contribution < -0.4 is 22.5 Å². The number of carbonyl (C=O) groups is 2. The molecule has 5 rings (SSSR count). The quantitative estimate of drug-likeness (QED) is 0.468. The molecular formula is C28H37N5O2S. The van der Waals surface area contributed by atoms with Crippen molar-refractivity contribution < 1.29 is 9.59 Å². The molecule has 5 unspecified atom stereocenters. The topological polar surface area (TPSA) is 127 Å². The first-order valence-electron chi connectivity index (χ1n) is 12.8. The highest BCUT2D eigenvalue weighted by Gasteiger charge is 2.57. The molecule has 2 aromatic carbocycles. The molecular weight excluding hydrogens is 470 g/mol. The maximum absolute atomic E-state index is 14.0. The molecule has 0 spiro atoms. The first-order chi connectivity index (χ1) is 17.0. The third-order valence-electron chi connectivity index (χ3n) is 8.21. The van der Waals surface area contributed by atoms with Crippen molar-refractivity contribution in [3.05, 3.63) is 58.1 Å². The summed E-state index contributed by atoms with van der Waals surface area (Å²) in [6.45, 7) is 8.12. The molecule has 1 amide bonds. The number of benzene rings is 2. The first-order valence-corrected chi connectivity index (χ1v) is 13.7. The number of thioether (sulfide) groups is 1. The van der Waals surface area contributed by atoms with Crippen molar-refractivity contribution in [2.45, 2.75) is 73.2 Å². The van der Waals surface area contributed by atoms with Gasteiger partial charge in [-0.2, -0.15) is 0 Å². The molecule has 3 aliphatic rings. The number of Topliss-reactive ketones (excluding diaryl/α,β-unsaturated/α-hetero) is 1. The van der Waals surface area contributed by atoms with Gasteiger partial charge in [-0.05, 0) is 73.2 Å². The van der Waals surface area contributed by atoms with Crippen LogP contribution in [0.15, 0.2) is 35.2 Å². The van der Waals surface area contributed by atoms with E-state index in [2.05, 4.69) is 37.2 Å². The van der Waals surface area contributed by atoms with Gasteiger partial charge in [0.1, 0.15) is 5.54 Å². The largest absolute Gasteiger partial charge is 0.398 e. The number of piperidine rings is 1. The molecule has 5 atom stereocenters. The average molecular weight is 508 g/mol. The second-order valence-electron chi connectivity index (χ2n) is 11.0. The summed E-state index contributed by atoms with van der Waals surface area (Å²) >= 11 is 1.42. The van der Waals surface area contributed by atoms with Crippen molar-refractivity contribution in [3.63, 3.8) is 0 Å². The van der Waals surface area contributed by atoms with Crippen LogP contribution in [0.3, 0.4) is 0 Å². The van der Waals surface area contributed by atoms with Gasteiger partial charge in [-0.3, -0.25) is 9.59 Å². The molecule has 7 N–H and O–H groups in total. The number of amides is 1. The monoisotopic (exact) mass is 507 g/mol. The van der Waals surface area contributed by atoms with E-state index in [1.807, 2.05) is 25.1 Å². The van der Waals surface area contributed by atoms with E-state index in [0.717, 1.165) is 47.5 Å². The van der Waals surface area contributed by atoms with Gasteiger partial charge in [0, 0.05) is 29.1 Å². The van der Waals surface area contributed by atoms with E-state index in [0.29, 0.717) is 17.2 Å². The minimum Gasteiger partial charge on any atom is -0.398 e. The molecule has 0 radical (unpaired) electrons. The van der Waals surface area contributed by atoms with Crippen molar-refractivity contribution in [3.8, 4) is 0 Å². The fraction of sp³-hybridized carbons (Fsp3) is 0.500. The fourth-order valence-corrected chi connectivity index (χ4v) is 7.71. The summed E-state index contributed by atoms with van der Waals surface area (Å²) in [4.78, 5) is 30.6. The van der Waals surface area contributed by atoms with Crippen LogP contribution in [0.25, 0.3) is 0 Å². The number of nitrogens with two attached hydrogens (primary N) is 3. The molecule has 0 saturated carbocycles. The SMILES string of the molecule is Cc1cc(C(C)C)ccc1C1(N)C(=O)C(N)C2c3c1ccc(N)c3SC2C(=O)NC1CCCN(C)C1. The van der Waals surface area contributed by atoms with E-state index in [-0.39, 0.29) is 17.7 Å². The Morgan fingerprint density at radius 2 is 1.94 bits per heavy atom. The molecule has 0 bridgehead atoms. The van der Waals surface area contributed by atoms with Gasteiger partial charge in [-0.25, -0.2) is 0 Å². The Balaban J connectivity index is 1.57. The van der Waals surface area contributed by atoms with Gasteiger partial charge in [0.05, 0.1) is 11.3 Å². The number of likely N-dealkylation sites (N-methyl/N-ethyl adjacent to an activating group) is 1. The molecule has 2 aromatic rings. The second kappa shape index (κ2) is 9.17. The lowest BCUT2D eigenvalue weighted by Gasteiger charge is -2.42. The maximum atomic E-state index is 14.0. The van der Waals surface area contributed by atoms with E-state index >= 15 is 0 Å². The number of hydrogen-bond acceptors (Lipinski definition) is 7. The third-order valence-corrected chi connectivity index (χ3v) is 9.66. The van der Waals surface area contributed by atoms with Gasteiger partial charge in [0.25, 0.3) is 0 Å². The highest BCUT2D eigenvalue weighted by molar-refractivity contribution is 8.01. The number of rotatable bonds is 4. The lowest BCUT2D eigenvalue weighted by atomic mass is 9.64. The van der Waals surface area contributed by atoms with E-state index in [1.165, 1.54) is 17.3 Å². The van der Waals surface area contributed by atoms with Crippen LogP contribution in [0.2, 0.25) is 0 Å². The Morgan fingerprint density at radius 3 is 2.61 bits per heavy atom. The number of nitrogen functional groups attached to an aromatic ring is 1.